The van der Waals surface area contributed by atoms with Crippen molar-refractivity contribution in [1.29, 1.82) is 0 Å². The molecule has 2 aromatic carbocycles. The van der Waals surface area contributed by atoms with Crippen LogP contribution in [0.15, 0.2) is 59.5 Å². The van der Waals surface area contributed by atoms with E-state index in [0.717, 1.165) is 24.0 Å². The van der Waals surface area contributed by atoms with Crippen LogP contribution in [-0.4, -0.2) is 10.9 Å². The molecule has 1 saturated carbocycles. The summed E-state index contributed by atoms with van der Waals surface area (Å²) in [4.78, 5) is 28.6. The highest BCUT2D eigenvalue weighted by Gasteiger charge is 2.19. The molecule has 1 amide bonds. The van der Waals surface area contributed by atoms with Gasteiger partial charge in [-0.2, -0.15) is 0 Å². The number of rotatable bonds is 3. The highest BCUT2D eigenvalue weighted by atomic mass is 16.2. The molecule has 3 aromatic rings. The molecule has 1 fully saturated rings. The van der Waals surface area contributed by atoms with Crippen LogP contribution in [0.2, 0.25) is 0 Å². The minimum absolute atomic E-state index is 0.143. The number of aromatic amines is 1. The zero-order chi connectivity index (χ0) is 18.6. The molecule has 4 heteroatoms. The Morgan fingerprint density at radius 1 is 0.926 bits per heavy atom. The topological polar surface area (TPSA) is 62.0 Å². The number of nitrogens with one attached hydrogen (secondary N) is 2. The number of carbonyl (C=O) groups is 1. The fraction of sp³-hybridized carbons (Fsp3) is 0.304. The number of hydrogen-bond donors (Lipinski definition) is 2. The van der Waals surface area contributed by atoms with Gasteiger partial charge in [-0.15, -0.1) is 0 Å². The average molecular weight is 360 g/mol. The zero-order valence-corrected chi connectivity index (χ0v) is 15.3. The van der Waals surface area contributed by atoms with Gasteiger partial charge < -0.3 is 10.3 Å². The van der Waals surface area contributed by atoms with Gasteiger partial charge in [0.05, 0.1) is 0 Å². The van der Waals surface area contributed by atoms with Crippen LogP contribution in [0, 0.1) is 0 Å². The number of para-hydroxylation sites is 2. The molecule has 0 bridgehead atoms. The molecule has 0 aliphatic heterocycles. The molecule has 1 aliphatic rings. The van der Waals surface area contributed by atoms with Gasteiger partial charge in [0.1, 0.15) is 5.56 Å². The maximum atomic E-state index is 12.9. The standard InChI is InChI=1S/C23H24N2O2/c26-22-18-12-6-7-13-20(18)24-15-19(22)23(27)25-21-14-8-5-11-17(21)16-9-3-1-2-4-10-16/h5-8,11-16H,1-4,9-10H2,(H,24,26)(H,25,27). The van der Waals surface area contributed by atoms with E-state index in [1.54, 1.807) is 12.1 Å². The van der Waals surface area contributed by atoms with Crippen molar-refractivity contribution in [3.63, 3.8) is 0 Å². The van der Waals surface area contributed by atoms with Crippen molar-refractivity contribution in [2.45, 2.75) is 44.4 Å². The van der Waals surface area contributed by atoms with Gasteiger partial charge in [0.25, 0.3) is 5.91 Å². The molecule has 4 rings (SSSR count). The number of aromatic nitrogens is 1. The van der Waals surface area contributed by atoms with Crippen molar-refractivity contribution in [2.24, 2.45) is 0 Å². The van der Waals surface area contributed by atoms with Crippen molar-refractivity contribution >= 4 is 22.5 Å². The molecule has 1 aromatic heterocycles. The van der Waals surface area contributed by atoms with Crippen molar-refractivity contribution in [1.82, 2.24) is 4.98 Å². The van der Waals surface area contributed by atoms with Crippen molar-refractivity contribution in [2.75, 3.05) is 5.32 Å². The Balaban J connectivity index is 1.64. The normalized spacial score (nSPS) is 15.4. The Kier molecular flexibility index (Phi) is 5.05. The Morgan fingerprint density at radius 2 is 1.63 bits per heavy atom. The van der Waals surface area contributed by atoms with Crippen LogP contribution in [0.1, 0.15) is 60.4 Å². The van der Waals surface area contributed by atoms with E-state index in [1.807, 2.05) is 30.3 Å². The summed E-state index contributed by atoms with van der Waals surface area (Å²) in [7, 11) is 0. The molecule has 0 unspecified atom stereocenters. The number of H-pyrrole nitrogens is 1. The molecule has 0 spiro atoms. The highest BCUT2D eigenvalue weighted by Crippen LogP contribution is 2.35. The first-order chi connectivity index (χ1) is 13.2. The fourth-order valence-corrected chi connectivity index (χ4v) is 4.08. The van der Waals surface area contributed by atoms with Crippen LogP contribution in [0.25, 0.3) is 10.9 Å². The number of hydrogen-bond acceptors (Lipinski definition) is 2. The van der Waals surface area contributed by atoms with Crippen LogP contribution in [0.3, 0.4) is 0 Å². The summed E-state index contributed by atoms with van der Waals surface area (Å²) in [5.41, 5.74) is 2.64. The SMILES string of the molecule is O=C(Nc1ccccc1C1CCCCCC1)c1c[nH]c2ccccc2c1=O. The van der Waals surface area contributed by atoms with E-state index in [4.69, 9.17) is 0 Å². The third-order valence-electron chi connectivity index (χ3n) is 5.54. The molecule has 1 heterocycles. The van der Waals surface area contributed by atoms with Gasteiger partial charge in [-0.1, -0.05) is 56.0 Å². The fourth-order valence-electron chi connectivity index (χ4n) is 4.08. The molecule has 0 saturated heterocycles. The maximum Gasteiger partial charge on any atom is 0.261 e. The average Bonchev–Trinajstić information content (AvgIpc) is 2.98. The second-order valence-electron chi connectivity index (χ2n) is 7.31. The minimum Gasteiger partial charge on any atom is -0.360 e. The number of benzene rings is 2. The molecule has 0 radical (unpaired) electrons. The molecule has 27 heavy (non-hydrogen) atoms. The second kappa shape index (κ2) is 7.78. The summed E-state index contributed by atoms with van der Waals surface area (Å²) in [6.45, 7) is 0. The molecular weight excluding hydrogens is 336 g/mol. The quantitative estimate of drug-likeness (QED) is 0.629. The summed E-state index contributed by atoms with van der Waals surface area (Å²) in [6, 6.07) is 15.2. The lowest BCUT2D eigenvalue weighted by Crippen LogP contribution is -2.22. The predicted molar refractivity (Wildman–Crippen MR) is 109 cm³/mol. The van der Waals surface area contributed by atoms with Gasteiger partial charge in [-0.3, -0.25) is 9.59 Å². The van der Waals surface area contributed by atoms with Gasteiger partial charge in [0.2, 0.25) is 5.43 Å². The van der Waals surface area contributed by atoms with E-state index in [2.05, 4.69) is 16.4 Å². The van der Waals surface area contributed by atoms with Crippen molar-refractivity contribution in [3.8, 4) is 0 Å². The van der Waals surface area contributed by atoms with Gasteiger partial charge in [0, 0.05) is 22.8 Å². The number of amides is 1. The lowest BCUT2D eigenvalue weighted by atomic mass is 9.90. The zero-order valence-electron chi connectivity index (χ0n) is 15.3. The summed E-state index contributed by atoms with van der Waals surface area (Å²) < 4.78 is 0. The second-order valence-corrected chi connectivity index (χ2v) is 7.31. The maximum absolute atomic E-state index is 12.9. The third-order valence-corrected chi connectivity index (χ3v) is 5.54. The van der Waals surface area contributed by atoms with Crippen molar-refractivity contribution in [3.05, 3.63) is 76.1 Å². The molecule has 0 atom stereocenters. The number of pyridine rings is 1. The largest absolute Gasteiger partial charge is 0.360 e. The molecule has 1 aliphatic carbocycles. The van der Waals surface area contributed by atoms with E-state index in [9.17, 15) is 9.59 Å². The molecule has 4 nitrogen and oxygen atoms in total. The Morgan fingerprint density at radius 3 is 2.44 bits per heavy atom. The molecule has 138 valence electrons. The Labute approximate surface area is 158 Å². The first kappa shape index (κ1) is 17.5. The summed E-state index contributed by atoms with van der Waals surface area (Å²) in [5.74, 6) is 0.113. The van der Waals surface area contributed by atoms with E-state index < -0.39 is 0 Å². The Hall–Kier alpha value is -2.88. The number of carbonyl (C=O) groups excluding carboxylic acids is 1. The van der Waals surface area contributed by atoms with E-state index >= 15 is 0 Å². The molecular formula is C23H24N2O2. The van der Waals surface area contributed by atoms with Gasteiger partial charge in [-0.05, 0) is 42.5 Å². The van der Waals surface area contributed by atoms with E-state index in [-0.39, 0.29) is 16.9 Å². The summed E-state index contributed by atoms with van der Waals surface area (Å²) in [6.07, 6.45) is 8.87. The highest BCUT2D eigenvalue weighted by molar-refractivity contribution is 6.06. The summed E-state index contributed by atoms with van der Waals surface area (Å²) >= 11 is 0. The lowest BCUT2D eigenvalue weighted by Gasteiger charge is -2.19. The van der Waals surface area contributed by atoms with Gasteiger partial charge >= 0.3 is 0 Å². The van der Waals surface area contributed by atoms with Crippen molar-refractivity contribution < 1.29 is 4.79 Å². The van der Waals surface area contributed by atoms with Crippen LogP contribution in [-0.2, 0) is 0 Å². The first-order valence-corrected chi connectivity index (χ1v) is 9.75. The van der Waals surface area contributed by atoms with Crippen LogP contribution in [0.4, 0.5) is 5.69 Å². The molecule has 2 N–H and O–H groups in total. The van der Waals surface area contributed by atoms with Crippen LogP contribution >= 0.6 is 0 Å². The van der Waals surface area contributed by atoms with E-state index in [1.165, 1.54) is 37.4 Å². The minimum atomic E-state index is -0.358. The summed E-state index contributed by atoms with van der Waals surface area (Å²) in [5, 5.41) is 3.52. The predicted octanol–water partition coefficient (Wildman–Crippen LogP) is 5.22. The van der Waals surface area contributed by atoms with Gasteiger partial charge in [-0.25, -0.2) is 0 Å². The number of fused-ring (bicyclic) bond motifs is 1. The third kappa shape index (κ3) is 3.65. The van der Waals surface area contributed by atoms with E-state index in [0.29, 0.717) is 11.3 Å². The van der Waals surface area contributed by atoms with Gasteiger partial charge in [0.15, 0.2) is 0 Å². The van der Waals surface area contributed by atoms with Crippen LogP contribution in [0.5, 0.6) is 0 Å². The lowest BCUT2D eigenvalue weighted by molar-refractivity contribution is 0.102. The number of anilines is 1. The Bertz CT molecular complexity index is 1010. The smallest absolute Gasteiger partial charge is 0.261 e. The monoisotopic (exact) mass is 360 g/mol. The first-order valence-electron chi connectivity index (χ1n) is 9.75. The van der Waals surface area contributed by atoms with Crippen LogP contribution < -0.4 is 10.7 Å².